The minimum absolute atomic E-state index is 0.231. The van der Waals surface area contributed by atoms with Crippen molar-refractivity contribution in [2.45, 2.75) is 37.3 Å². The van der Waals surface area contributed by atoms with Crippen LogP contribution in [0.25, 0.3) is 0 Å². The number of benzene rings is 1. The van der Waals surface area contributed by atoms with E-state index < -0.39 is 0 Å². The van der Waals surface area contributed by atoms with Crippen LogP contribution in [0.2, 0.25) is 0 Å². The highest BCUT2D eigenvalue weighted by Crippen LogP contribution is 2.62. The highest BCUT2D eigenvalue weighted by atomic mass is 16.3. The van der Waals surface area contributed by atoms with Crippen molar-refractivity contribution in [3.8, 4) is 0 Å². The van der Waals surface area contributed by atoms with Crippen LogP contribution >= 0.6 is 0 Å². The predicted octanol–water partition coefficient (Wildman–Crippen LogP) is 2.53. The van der Waals surface area contributed by atoms with E-state index in [0.717, 1.165) is 0 Å². The van der Waals surface area contributed by atoms with Crippen molar-refractivity contribution in [2.24, 2.45) is 11.8 Å². The number of hydrogen-bond acceptors (Lipinski definition) is 2. The second-order valence-corrected chi connectivity index (χ2v) is 8.39. The lowest BCUT2D eigenvalue weighted by molar-refractivity contribution is -0.925. The van der Waals surface area contributed by atoms with E-state index in [1.54, 1.807) is 5.57 Å². The fourth-order valence-corrected chi connectivity index (χ4v) is 6.76. The Bertz CT molecular complexity index is 699. The number of nitrogens with zero attached hydrogens (tertiary/aromatic N) is 1. The van der Waals surface area contributed by atoms with Crippen molar-refractivity contribution in [1.29, 1.82) is 0 Å². The number of aliphatic hydroxyl groups excluding tert-OH is 1. The van der Waals surface area contributed by atoms with Gasteiger partial charge in [0, 0.05) is 37.1 Å². The third-order valence-electron chi connectivity index (χ3n) is 7.70. The molecule has 2 bridgehead atoms. The van der Waals surface area contributed by atoms with Gasteiger partial charge in [0.15, 0.2) is 0 Å². The van der Waals surface area contributed by atoms with Crippen LogP contribution in [0.1, 0.15) is 25.3 Å². The normalized spacial score (nSPS) is 48.0. The van der Waals surface area contributed by atoms with Crippen LogP contribution in [-0.4, -0.2) is 48.4 Å². The number of quaternary nitrogens is 1. The first-order chi connectivity index (χ1) is 11.1. The summed E-state index contributed by atoms with van der Waals surface area (Å²) < 4.78 is 1.20. The van der Waals surface area contributed by atoms with Crippen LogP contribution in [-0.2, 0) is 5.41 Å². The summed E-state index contributed by atoms with van der Waals surface area (Å²) in [5.74, 6) is 0.899. The quantitative estimate of drug-likeness (QED) is 0.617. The molecule has 0 unspecified atom stereocenters. The molecule has 3 nitrogen and oxygen atoms in total. The zero-order valence-corrected chi connectivity index (χ0v) is 14.1. The van der Waals surface area contributed by atoms with E-state index in [4.69, 9.17) is 0 Å². The minimum atomic E-state index is 0.231. The van der Waals surface area contributed by atoms with E-state index in [1.165, 1.54) is 41.7 Å². The summed E-state index contributed by atoms with van der Waals surface area (Å²) in [7, 11) is 2.47. The Labute approximate surface area is 138 Å². The topological polar surface area (TPSA) is 32.3 Å². The number of allylic oxidation sites excluding steroid dienone is 1. The van der Waals surface area contributed by atoms with Crippen LogP contribution in [0.5, 0.6) is 0 Å². The van der Waals surface area contributed by atoms with Crippen molar-refractivity contribution in [2.75, 3.05) is 32.1 Å². The summed E-state index contributed by atoms with van der Waals surface area (Å²) in [5, 5.41) is 14.1. The van der Waals surface area contributed by atoms with Gasteiger partial charge < -0.3 is 14.9 Å². The monoisotopic (exact) mass is 311 g/mol. The summed E-state index contributed by atoms with van der Waals surface area (Å²) >= 11 is 0. The van der Waals surface area contributed by atoms with Gasteiger partial charge in [0.1, 0.15) is 12.6 Å². The van der Waals surface area contributed by atoms with Crippen LogP contribution in [0, 0.1) is 11.8 Å². The molecular formula is C20H27N2O+. The molecule has 3 heteroatoms. The largest absolute Gasteiger partial charge is 0.396 e. The highest BCUT2D eigenvalue weighted by molar-refractivity contribution is 5.64. The van der Waals surface area contributed by atoms with Crippen molar-refractivity contribution >= 4 is 5.69 Å². The Balaban J connectivity index is 1.74. The van der Waals surface area contributed by atoms with Gasteiger partial charge in [0.2, 0.25) is 0 Å². The van der Waals surface area contributed by atoms with Crippen molar-refractivity contribution in [3.63, 3.8) is 0 Å². The van der Waals surface area contributed by atoms with E-state index in [2.05, 4.69) is 49.6 Å². The fourth-order valence-electron chi connectivity index (χ4n) is 6.76. The number of hydrogen-bond donors (Lipinski definition) is 2. The van der Waals surface area contributed by atoms with Gasteiger partial charge >= 0.3 is 0 Å². The van der Waals surface area contributed by atoms with Gasteiger partial charge in [-0.05, 0) is 30.0 Å². The molecule has 1 aliphatic carbocycles. The Kier molecular flexibility index (Phi) is 2.69. The lowest BCUT2D eigenvalue weighted by Crippen LogP contribution is -2.67. The molecule has 122 valence electrons. The smallest absolute Gasteiger partial charge is 0.102 e. The zero-order chi connectivity index (χ0) is 15.8. The number of nitrogens with one attached hydrogen (secondary N) is 1. The Morgan fingerprint density at radius 3 is 3.00 bits per heavy atom. The Hall–Kier alpha value is -1.32. The number of piperidine rings is 1. The van der Waals surface area contributed by atoms with Crippen LogP contribution in [0.15, 0.2) is 35.9 Å². The van der Waals surface area contributed by atoms with E-state index in [1.807, 2.05) is 0 Å². The van der Waals surface area contributed by atoms with Gasteiger partial charge in [0.25, 0.3) is 0 Å². The predicted molar refractivity (Wildman–Crippen MR) is 92.3 cm³/mol. The van der Waals surface area contributed by atoms with E-state index in [9.17, 15) is 5.11 Å². The first-order valence-electron chi connectivity index (χ1n) is 9.10. The molecule has 3 aliphatic heterocycles. The highest BCUT2D eigenvalue weighted by Gasteiger charge is 2.70. The van der Waals surface area contributed by atoms with E-state index in [-0.39, 0.29) is 5.41 Å². The van der Waals surface area contributed by atoms with E-state index in [0.29, 0.717) is 30.5 Å². The third kappa shape index (κ3) is 1.49. The first kappa shape index (κ1) is 14.1. The van der Waals surface area contributed by atoms with Gasteiger partial charge in [-0.2, -0.15) is 0 Å². The molecule has 23 heavy (non-hydrogen) atoms. The number of rotatable bonds is 1. The van der Waals surface area contributed by atoms with Gasteiger partial charge in [-0.3, -0.25) is 0 Å². The number of anilines is 1. The standard InChI is InChI=1S/C20H27N2O/c1-3-13-11-22(2)9-8-20-16-6-4-5-7-17(16)21-19(20)15(12-23)14(13)10-18(20)22/h3-7,14-15,18-19,21,23H,8-12H2,1-2H3/q+1/b13-3+/t14-,15+,18+,19+,20+,22+/m0/s1. The number of fused-ring (bicyclic) bond motifs is 2. The molecule has 0 radical (unpaired) electrons. The lowest BCUT2D eigenvalue weighted by atomic mass is 9.55. The maximum Gasteiger partial charge on any atom is 0.102 e. The molecule has 3 fully saturated rings. The average Bonchev–Trinajstić information content (AvgIpc) is 3.08. The van der Waals surface area contributed by atoms with Crippen LogP contribution in [0.4, 0.5) is 5.69 Å². The van der Waals surface area contributed by atoms with Gasteiger partial charge in [0.05, 0.1) is 19.0 Å². The molecule has 4 aliphatic rings. The molecule has 1 aromatic rings. The summed E-state index contributed by atoms with van der Waals surface area (Å²) in [6.07, 6.45) is 4.83. The summed E-state index contributed by atoms with van der Waals surface area (Å²) in [5.41, 5.74) is 4.65. The van der Waals surface area contributed by atoms with Gasteiger partial charge in [-0.25, -0.2) is 0 Å². The molecule has 6 atom stereocenters. The molecule has 1 spiro atoms. The first-order valence-corrected chi connectivity index (χ1v) is 9.10. The summed E-state index contributed by atoms with van der Waals surface area (Å²) in [6, 6.07) is 10.0. The molecule has 0 amide bonds. The second-order valence-electron chi connectivity index (χ2n) is 8.39. The van der Waals surface area contributed by atoms with Crippen molar-refractivity contribution < 1.29 is 9.59 Å². The molecule has 2 N–H and O–H groups in total. The number of aliphatic hydroxyl groups is 1. The Morgan fingerprint density at radius 1 is 1.39 bits per heavy atom. The van der Waals surface area contributed by atoms with Crippen LogP contribution < -0.4 is 5.32 Å². The van der Waals surface area contributed by atoms with Gasteiger partial charge in [-0.15, -0.1) is 0 Å². The molecule has 1 saturated carbocycles. The molecule has 2 saturated heterocycles. The third-order valence-corrected chi connectivity index (χ3v) is 7.70. The maximum absolute atomic E-state index is 10.3. The summed E-state index contributed by atoms with van der Waals surface area (Å²) in [4.78, 5) is 0. The average molecular weight is 311 g/mol. The number of para-hydroxylation sites is 1. The van der Waals surface area contributed by atoms with E-state index >= 15 is 0 Å². The molecule has 1 aromatic carbocycles. The zero-order valence-electron chi connectivity index (χ0n) is 14.1. The number of likely N-dealkylation sites (N-methyl/N-ethyl adjacent to an activating group) is 1. The van der Waals surface area contributed by atoms with Crippen molar-refractivity contribution in [1.82, 2.24) is 0 Å². The molecule has 0 aromatic heterocycles. The SMILES string of the molecule is C/C=C1\C[N@@+]2(C)CC[C@]34c5ccccc5N[C@@H]3[C@H](CO)[C@H]1C[C@H]42. The Morgan fingerprint density at radius 2 is 2.22 bits per heavy atom. The fraction of sp³-hybridized carbons (Fsp3) is 0.600. The lowest BCUT2D eigenvalue weighted by Gasteiger charge is -2.56. The maximum atomic E-state index is 10.3. The van der Waals surface area contributed by atoms with Crippen LogP contribution in [0.3, 0.4) is 0 Å². The second kappa shape index (κ2) is 4.40. The molecule has 5 rings (SSSR count). The minimum Gasteiger partial charge on any atom is -0.396 e. The van der Waals surface area contributed by atoms with Crippen molar-refractivity contribution in [3.05, 3.63) is 41.5 Å². The molecule has 3 heterocycles. The van der Waals surface area contributed by atoms with Gasteiger partial charge in [-0.1, -0.05) is 24.3 Å². The summed E-state index contributed by atoms with van der Waals surface area (Å²) in [6.45, 7) is 4.93. The molecular weight excluding hydrogens is 284 g/mol.